The van der Waals surface area contributed by atoms with Gasteiger partial charge >= 0.3 is 0 Å². The predicted octanol–water partition coefficient (Wildman–Crippen LogP) is 33.0. The van der Waals surface area contributed by atoms with Gasteiger partial charge in [0, 0.05) is 101 Å². The summed E-state index contributed by atoms with van der Waals surface area (Å²) in [6.45, 7) is 121. The number of pyridine rings is 7. The van der Waals surface area contributed by atoms with Crippen LogP contribution in [0.4, 0.5) is 0 Å². The van der Waals surface area contributed by atoms with Gasteiger partial charge in [-0.1, -0.05) is 145 Å². The predicted molar refractivity (Wildman–Crippen MR) is 569 cm³/mol. The third kappa shape index (κ3) is 20.4. The molecule has 0 N–H and O–H groups in total. The van der Waals surface area contributed by atoms with Crippen LogP contribution in [0.25, 0.3) is 76.2 Å². The molecule has 14 rings (SSSR count). The largest absolute Gasteiger partial charge is 0.438 e. The second-order valence-electron chi connectivity index (χ2n) is 45.9. The number of rotatable bonds is 0. The second kappa shape index (κ2) is 37.7. The molecule has 702 valence electrons. The number of oxazole rings is 1. The average molecular weight is 1770 g/mol. The van der Waals surface area contributed by atoms with Gasteiger partial charge in [0.25, 0.3) is 0 Å². The van der Waals surface area contributed by atoms with Crippen LogP contribution in [0.2, 0.25) is 0 Å². The number of thiazole rings is 1. The van der Waals surface area contributed by atoms with Crippen molar-refractivity contribution in [3.05, 3.63) is 229 Å². The summed E-state index contributed by atoms with van der Waals surface area (Å²) in [5.74, 6) is 0.753. The van der Waals surface area contributed by atoms with Gasteiger partial charge in [0.15, 0.2) is 22.5 Å². The lowest BCUT2D eigenvalue weighted by atomic mass is 9.75. The molecule has 0 amide bonds. The van der Waals surface area contributed by atoms with E-state index in [1.54, 1.807) is 11.3 Å². The molecule has 0 saturated carbocycles. The molecule has 14 aromatic rings. The molecule has 12 heteroatoms. The van der Waals surface area contributed by atoms with Gasteiger partial charge < -0.3 is 8.98 Å². The van der Waals surface area contributed by atoms with Gasteiger partial charge in [0.05, 0.1) is 21.4 Å². The van der Waals surface area contributed by atoms with Crippen LogP contribution >= 0.6 is 11.3 Å². The van der Waals surface area contributed by atoms with Crippen LogP contribution in [0, 0.1) is 235 Å². The van der Waals surface area contributed by atoms with Crippen LogP contribution < -0.4 is 0 Å². The zero-order valence-corrected chi connectivity index (χ0v) is 93.1. The number of hydrogen-bond donors (Lipinski definition) is 0. The molecule has 11 nitrogen and oxygen atoms in total. The Balaban J connectivity index is 0.000000187. The van der Waals surface area contributed by atoms with Crippen molar-refractivity contribution >= 4 is 87.6 Å². The quantitative estimate of drug-likeness (QED) is 0.144. The molecule has 0 bridgehead atoms. The summed E-state index contributed by atoms with van der Waals surface area (Å²) in [7, 11) is 2.14. The fraction of sp³-hybridized carbons (Fsp3) is 0.534. The third-order valence-electron chi connectivity index (χ3n) is 29.4. The number of fused-ring (bicyclic) bond motifs is 7. The van der Waals surface area contributed by atoms with Crippen LogP contribution in [0.15, 0.2) is 4.42 Å². The molecule has 130 heavy (non-hydrogen) atoms. The summed E-state index contributed by atoms with van der Waals surface area (Å²) in [5.41, 5.74) is 59.4. The minimum Gasteiger partial charge on any atom is -0.438 e. The Morgan fingerprint density at radius 3 is 0.985 bits per heavy atom. The van der Waals surface area contributed by atoms with Crippen molar-refractivity contribution < 1.29 is 4.42 Å². The van der Waals surface area contributed by atoms with Crippen molar-refractivity contribution in [3.8, 4) is 0 Å². The molecule has 0 spiro atoms. The van der Waals surface area contributed by atoms with Gasteiger partial charge in [0.1, 0.15) is 10.7 Å². The Bertz CT molecular complexity index is 6720. The van der Waals surface area contributed by atoms with Gasteiger partial charge in [-0.05, 0) is 424 Å². The van der Waals surface area contributed by atoms with Gasteiger partial charge in [-0.2, -0.15) is 4.98 Å². The molecule has 10 aromatic heterocycles. The minimum absolute atomic E-state index is 0.0530. The molecule has 0 aliphatic rings. The first kappa shape index (κ1) is 106. The normalized spacial score (nSPS) is 12.3. The second-order valence-corrected chi connectivity index (χ2v) is 46.9. The summed E-state index contributed by atoms with van der Waals surface area (Å²) < 4.78 is 9.34. The number of hydrogen-bond acceptors (Lipinski definition) is 11. The SMILES string of the molecule is Cc1c(C)c(C)c2c(C)c(C(C)(C)C)c(C)c(C)c2c1C.Cc1c(C)c(C)c2c(C)c(C)c(C(C)(C)C)nc2c1C.Cc1nc2c(C)c(C)c(C(C)(C)C)c(C)c2c(C)c1C.Cc1nc2c(c(C)c1C)c(C)c(C(C)(C)C)n2C.Cc1nc2nc(C(C)(C)C)c(C)c(C)c2c(C)c1C.Cc1nc2nc(C(C)(C)C)oc2c(C)c1C.Cc1nc2nc(C(C)(C)C)sc2c(C)c1C. The molecule has 10 heterocycles. The molecule has 0 aliphatic carbocycles. The molecule has 0 unspecified atom stereocenters. The van der Waals surface area contributed by atoms with E-state index in [2.05, 4.69) is 405 Å². The van der Waals surface area contributed by atoms with E-state index in [0.717, 1.165) is 73.8 Å². The molecule has 0 saturated heterocycles. The molecule has 4 aromatic carbocycles. The first-order chi connectivity index (χ1) is 59.0. The zero-order valence-electron chi connectivity index (χ0n) is 92.3. The lowest BCUT2D eigenvalue weighted by molar-refractivity contribution is 0.410. The summed E-state index contributed by atoms with van der Waals surface area (Å²) in [6, 6.07) is 0. The molecule has 0 fully saturated rings. The van der Waals surface area contributed by atoms with Crippen molar-refractivity contribution in [1.29, 1.82) is 0 Å². The van der Waals surface area contributed by atoms with E-state index in [1.807, 2.05) is 6.92 Å². The monoisotopic (exact) mass is 1770 g/mol. The highest BCUT2D eigenvalue weighted by molar-refractivity contribution is 7.18. The first-order valence-electron chi connectivity index (χ1n) is 47.5. The highest BCUT2D eigenvalue weighted by Crippen LogP contribution is 2.45. The van der Waals surface area contributed by atoms with E-state index in [1.165, 1.54) is 231 Å². The van der Waals surface area contributed by atoms with Crippen LogP contribution in [-0.2, 0) is 45.0 Å². The van der Waals surface area contributed by atoms with E-state index in [4.69, 9.17) is 29.3 Å². The summed E-state index contributed by atoms with van der Waals surface area (Å²) >= 11 is 1.78. The Morgan fingerprint density at radius 1 is 0.215 bits per heavy atom. The van der Waals surface area contributed by atoms with Crippen molar-refractivity contribution in [2.75, 3.05) is 0 Å². The fourth-order valence-electron chi connectivity index (χ4n) is 20.1. The highest BCUT2D eigenvalue weighted by atomic mass is 32.1. The Labute approximate surface area is 790 Å². The maximum Gasteiger partial charge on any atom is 0.202 e. The van der Waals surface area contributed by atoms with Crippen LogP contribution in [0.1, 0.15) is 374 Å². The highest BCUT2D eigenvalue weighted by Gasteiger charge is 2.32. The number of benzene rings is 4. The Morgan fingerprint density at radius 2 is 0.538 bits per heavy atom. The number of aromatic nitrogens is 10. The number of aryl methyl sites for hydroxylation is 22. The summed E-state index contributed by atoms with van der Waals surface area (Å²) in [6.07, 6.45) is 0. The van der Waals surface area contributed by atoms with E-state index < -0.39 is 0 Å². The fourth-order valence-corrected chi connectivity index (χ4v) is 21.2. The third-order valence-corrected chi connectivity index (χ3v) is 31.0. The first-order valence-corrected chi connectivity index (χ1v) is 48.3. The lowest BCUT2D eigenvalue weighted by Gasteiger charge is -2.29. The molecule has 0 aliphatic heterocycles. The van der Waals surface area contributed by atoms with Gasteiger partial charge in [-0.25, -0.2) is 29.9 Å². The van der Waals surface area contributed by atoms with E-state index in [9.17, 15) is 0 Å². The van der Waals surface area contributed by atoms with Crippen molar-refractivity contribution in [1.82, 2.24) is 49.4 Å². The van der Waals surface area contributed by atoms with Crippen molar-refractivity contribution in [2.45, 2.75) is 419 Å². The maximum absolute atomic E-state index is 5.83. The van der Waals surface area contributed by atoms with Crippen LogP contribution in [0.5, 0.6) is 0 Å². The molecule has 0 atom stereocenters. The zero-order chi connectivity index (χ0) is 99.6. The van der Waals surface area contributed by atoms with Crippen LogP contribution in [-0.4, -0.2) is 49.4 Å². The van der Waals surface area contributed by atoms with Crippen molar-refractivity contribution in [2.24, 2.45) is 7.05 Å². The number of nitrogens with zero attached hydrogens (tertiary/aromatic N) is 10. The van der Waals surface area contributed by atoms with E-state index >= 15 is 0 Å². The maximum atomic E-state index is 5.83. The van der Waals surface area contributed by atoms with Gasteiger partial charge in [-0.15, -0.1) is 11.3 Å². The molecule has 0 radical (unpaired) electrons. The summed E-state index contributed by atoms with van der Waals surface area (Å²) in [5, 5.41) is 9.43. The van der Waals surface area contributed by atoms with Gasteiger partial charge in [-0.3, -0.25) is 9.97 Å². The Hall–Kier alpha value is -9.13. The summed E-state index contributed by atoms with van der Waals surface area (Å²) in [4.78, 5) is 42.5. The average Bonchev–Trinajstić information content (AvgIpc) is 0.837. The van der Waals surface area contributed by atoms with Crippen molar-refractivity contribution in [3.63, 3.8) is 0 Å². The van der Waals surface area contributed by atoms with E-state index in [0.29, 0.717) is 0 Å². The van der Waals surface area contributed by atoms with Crippen LogP contribution in [0.3, 0.4) is 0 Å². The molecular weight excluding hydrogens is 1610 g/mol. The van der Waals surface area contributed by atoms with E-state index in [-0.39, 0.29) is 37.9 Å². The topological polar surface area (TPSA) is 134 Å². The minimum atomic E-state index is -0.0745. The lowest BCUT2D eigenvalue weighted by Crippen LogP contribution is -2.17. The standard InChI is InChI=1S/C21H30.2C19H27N.C17H24N2.C16H24N2.C13H18N2O.C13H18N2S/c1-11-12(2)14(4)19-17(7)20(21(8,9)10)16(6)15(5)18(19)13(11)3;1-10-11(2)16-14(5)17(19(7,8)9)12(3)13(4)18(16)20-15(10)6;1-10-11(2)14(5)17-16(12(10)3)13(4)15(6)18(20-17)19(7,8)9;1-9-10(2)14-11(3)12(4)15(17(6,7)8)19-16(14)18-13(9)5;1-9-10(2)13-11(3)14(16(5,6)7)18(8)15(13)17-12(9)4;2*1-7-8(2)10-11(14-9(7)3)15-12(16-10)13(4,5)6/h1-10H3;2*1-9H3;1-8H3;1-8H3;2*1-6H3. The molecular formula is C118H168N10OS. The Kier molecular flexibility index (Phi) is 30.8. The van der Waals surface area contributed by atoms with Gasteiger partial charge in [0.2, 0.25) is 5.89 Å². The smallest absolute Gasteiger partial charge is 0.202 e.